The summed E-state index contributed by atoms with van der Waals surface area (Å²) < 4.78 is 4.84. The van der Waals surface area contributed by atoms with E-state index in [1.165, 1.54) is 41.9 Å². The third-order valence-electron chi connectivity index (χ3n) is 11.2. The smallest absolute Gasteiger partial charge is 0.238 e. The van der Waals surface area contributed by atoms with Crippen LogP contribution in [-0.2, 0) is 0 Å². The van der Waals surface area contributed by atoms with Crippen LogP contribution in [0, 0.1) is 0 Å². The minimum atomic E-state index is 0.581. The molecule has 0 amide bonds. The lowest BCUT2D eigenvalue weighted by Gasteiger charge is -2.14. The van der Waals surface area contributed by atoms with E-state index in [1.54, 1.807) is 0 Å². The van der Waals surface area contributed by atoms with Gasteiger partial charge in [-0.1, -0.05) is 166 Å². The van der Waals surface area contributed by atoms with Gasteiger partial charge in [0.1, 0.15) is 0 Å². The molecule has 0 aliphatic carbocycles. The van der Waals surface area contributed by atoms with Crippen LogP contribution in [0.25, 0.3) is 114 Å². The second-order valence-corrected chi connectivity index (χ2v) is 15.5. The summed E-state index contributed by atoms with van der Waals surface area (Å²) >= 11 is 1.85. The Morgan fingerprint density at radius 1 is 0.397 bits per heavy atom. The van der Waals surface area contributed by atoms with E-state index in [1.807, 2.05) is 25.2 Å². The highest BCUT2D eigenvalue weighted by Crippen LogP contribution is 2.45. The Morgan fingerprint density at radius 3 is 1.57 bits per heavy atom. The van der Waals surface area contributed by atoms with Crippen molar-refractivity contribution in [3.63, 3.8) is 0 Å². The number of hydrogen-bond acceptors (Lipinski definition) is 4. The van der Waals surface area contributed by atoms with Crippen molar-refractivity contribution in [2.45, 2.75) is 13.8 Å². The summed E-state index contributed by atoms with van der Waals surface area (Å²) in [6.07, 6.45) is 0. The Kier molecular flexibility index (Phi) is 8.09. The Labute approximate surface area is 339 Å². The van der Waals surface area contributed by atoms with Crippen molar-refractivity contribution >= 4 is 85.6 Å². The van der Waals surface area contributed by atoms with Crippen molar-refractivity contribution in [1.82, 2.24) is 19.5 Å². The van der Waals surface area contributed by atoms with Crippen LogP contribution in [0.15, 0.2) is 182 Å². The summed E-state index contributed by atoms with van der Waals surface area (Å²) in [5.74, 6) is 1.84. The molecule has 0 fully saturated rings. The number of rotatable bonds is 4. The molecule has 12 aromatic rings. The highest BCUT2D eigenvalue weighted by molar-refractivity contribution is 7.26. The topological polar surface area (TPSA) is 43.6 Å². The normalized spacial score (nSPS) is 11.6. The molecule has 0 aliphatic rings. The van der Waals surface area contributed by atoms with Crippen LogP contribution < -0.4 is 0 Å². The molecule has 3 heterocycles. The van der Waals surface area contributed by atoms with Gasteiger partial charge in [0.15, 0.2) is 11.6 Å². The molecule has 0 atom stereocenters. The van der Waals surface area contributed by atoms with Gasteiger partial charge in [0.2, 0.25) is 5.95 Å². The molecule has 0 spiro atoms. The van der Waals surface area contributed by atoms with Crippen molar-refractivity contribution in [3.8, 4) is 39.9 Å². The second kappa shape index (κ2) is 13.8. The average molecular weight is 761 g/mol. The summed E-state index contributed by atoms with van der Waals surface area (Å²) in [4.78, 5) is 16.0. The van der Waals surface area contributed by atoms with Crippen molar-refractivity contribution in [2.24, 2.45) is 0 Å². The zero-order valence-electron chi connectivity index (χ0n) is 32.0. The van der Waals surface area contributed by atoms with Gasteiger partial charge in [-0.05, 0) is 62.6 Å². The molecule has 0 radical (unpaired) electrons. The fraction of sp³-hybridized carbons (Fsp3) is 0.0377. The van der Waals surface area contributed by atoms with E-state index in [0.29, 0.717) is 17.6 Å². The van der Waals surface area contributed by atoms with Crippen LogP contribution in [0.4, 0.5) is 0 Å². The first-order valence-electron chi connectivity index (χ1n) is 19.8. The quantitative estimate of drug-likeness (QED) is 0.179. The molecule has 0 bridgehead atoms. The highest BCUT2D eigenvalue weighted by atomic mass is 32.1. The summed E-state index contributed by atoms with van der Waals surface area (Å²) in [5, 5.41) is 11.9. The molecule has 0 N–H and O–H groups in total. The first-order chi connectivity index (χ1) is 28.7. The van der Waals surface area contributed by atoms with Gasteiger partial charge < -0.3 is 0 Å². The number of benzene rings is 9. The number of hydrogen-bond donors (Lipinski definition) is 0. The predicted octanol–water partition coefficient (Wildman–Crippen LogP) is 14.8. The maximum absolute atomic E-state index is 5.40. The molecule has 0 saturated carbocycles. The molecule has 3 aromatic heterocycles. The Bertz CT molecular complexity index is 3460. The van der Waals surface area contributed by atoms with Gasteiger partial charge >= 0.3 is 0 Å². The summed E-state index contributed by atoms with van der Waals surface area (Å²) in [5.41, 5.74) is 6.34. The molecular weight excluding hydrogens is 725 g/mol. The van der Waals surface area contributed by atoms with Gasteiger partial charge in [-0.15, -0.1) is 11.3 Å². The maximum atomic E-state index is 5.40. The van der Waals surface area contributed by atoms with Crippen LogP contribution in [0.2, 0.25) is 0 Å². The zero-order valence-corrected chi connectivity index (χ0v) is 32.8. The molecule has 5 heteroatoms. The number of fused-ring (bicyclic) bond motifs is 9. The molecular formula is C53H36N4S. The largest absolute Gasteiger partial charge is 0.277 e. The standard InChI is InChI=1S/C51H30N4S.C2H6/c1-3-13-33-27-37(25-23-31(33)11-1)49-52-50(38-26-24-32-12-2-4-14-34(32)28-38)54-51(53-49)55-45-30-36-16-6-5-15-35(36)29-44(45)41-19-9-18-40(47(41)55)43-21-10-20-42-39-17-7-8-22-46(39)56-48(42)43;1-2/h1-30H;1-2H3. The number of nitrogens with zero attached hydrogens (tertiary/aromatic N) is 4. The van der Waals surface area contributed by atoms with Crippen molar-refractivity contribution in [1.29, 1.82) is 0 Å². The Hall–Kier alpha value is -7.21. The molecule has 0 saturated heterocycles. The van der Waals surface area contributed by atoms with Gasteiger partial charge in [-0.3, -0.25) is 4.57 Å². The average Bonchev–Trinajstić information content (AvgIpc) is 3.84. The lowest BCUT2D eigenvalue weighted by atomic mass is 9.99. The fourth-order valence-electron chi connectivity index (χ4n) is 8.52. The van der Waals surface area contributed by atoms with E-state index in [-0.39, 0.29) is 0 Å². The summed E-state index contributed by atoms with van der Waals surface area (Å²) in [6.45, 7) is 4.00. The van der Waals surface area contributed by atoms with Crippen LogP contribution in [0.5, 0.6) is 0 Å². The lowest BCUT2D eigenvalue weighted by molar-refractivity contribution is 0.954. The Balaban J connectivity index is 0.00000190. The van der Waals surface area contributed by atoms with E-state index < -0.39 is 0 Å². The van der Waals surface area contributed by atoms with Crippen LogP contribution in [0.1, 0.15) is 13.8 Å². The van der Waals surface area contributed by atoms with E-state index in [2.05, 4.69) is 187 Å². The van der Waals surface area contributed by atoms with Crippen LogP contribution in [-0.4, -0.2) is 19.5 Å². The zero-order chi connectivity index (χ0) is 38.7. The van der Waals surface area contributed by atoms with Gasteiger partial charge in [-0.2, -0.15) is 9.97 Å². The van der Waals surface area contributed by atoms with Gasteiger partial charge in [-0.25, -0.2) is 4.98 Å². The third kappa shape index (κ3) is 5.47. The first-order valence-corrected chi connectivity index (χ1v) is 20.7. The monoisotopic (exact) mass is 760 g/mol. The highest BCUT2D eigenvalue weighted by Gasteiger charge is 2.22. The summed E-state index contributed by atoms with van der Waals surface area (Å²) in [6, 6.07) is 65.1. The van der Waals surface area contributed by atoms with Crippen molar-refractivity contribution < 1.29 is 0 Å². The number of aromatic nitrogens is 4. The maximum Gasteiger partial charge on any atom is 0.238 e. The molecule has 274 valence electrons. The van der Waals surface area contributed by atoms with Gasteiger partial charge in [0.05, 0.1) is 11.0 Å². The molecule has 9 aromatic carbocycles. The van der Waals surface area contributed by atoms with Crippen LogP contribution >= 0.6 is 11.3 Å². The molecule has 12 rings (SSSR count). The molecule has 4 nitrogen and oxygen atoms in total. The Morgan fingerprint density at radius 2 is 0.914 bits per heavy atom. The van der Waals surface area contributed by atoms with Crippen molar-refractivity contribution in [2.75, 3.05) is 0 Å². The van der Waals surface area contributed by atoms with E-state index >= 15 is 0 Å². The minimum absolute atomic E-state index is 0.581. The van der Waals surface area contributed by atoms with E-state index in [9.17, 15) is 0 Å². The lowest BCUT2D eigenvalue weighted by Crippen LogP contribution is -2.07. The fourth-order valence-corrected chi connectivity index (χ4v) is 9.75. The first kappa shape index (κ1) is 34.1. The molecule has 0 aliphatic heterocycles. The summed E-state index contributed by atoms with van der Waals surface area (Å²) in [7, 11) is 0. The number of para-hydroxylation sites is 1. The predicted molar refractivity (Wildman–Crippen MR) is 247 cm³/mol. The second-order valence-electron chi connectivity index (χ2n) is 14.4. The van der Waals surface area contributed by atoms with Crippen LogP contribution in [0.3, 0.4) is 0 Å². The van der Waals surface area contributed by atoms with E-state index in [0.717, 1.165) is 54.7 Å². The van der Waals surface area contributed by atoms with Gasteiger partial charge in [0, 0.05) is 53.2 Å². The molecule has 58 heavy (non-hydrogen) atoms. The minimum Gasteiger partial charge on any atom is -0.277 e. The SMILES string of the molecule is CC.c1ccc2cc(-c3nc(-c4ccc5ccccc5c4)nc(-n4c5cc6ccccc6cc5c5cccc(-c6cccc7c6sc6ccccc67)c54)n3)ccc2c1. The number of thiophene rings is 1. The molecule has 0 unspecified atom stereocenters. The van der Waals surface area contributed by atoms with Gasteiger partial charge in [0.25, 0.3) is 0 Å². The van der Waals surface area contributed by atoms with E-state index in [4.69, 9.17) is 15.0 Å². The van der Waals surface area contributed by atoms with Crippen molar-refractivity contribution in [3.05, 3.63) is 182 Å². The third-order valence-corrected chi connectivity index (χ3v) is 12.4.